The van der Waals surface area contributed by atoms with Gasteiger partial charge in [-0.25, -0.2) is 10.3 Å². The average Bonchev–Trinajstić information content (AvgIpc) is 2.84. The topological polar surface area (TPSA) is 44.0 Å². The molecule has 1 fully saturated rings. The van der Waals surface area contributed by atoms with Crippen LogP contribution < -0.4 is 10.6 Å². The molecule has 2 heterocycles. The highest BCUT2D eigenvalue weighted by Crippen LogP contribution is 2.29. The smallest absolute Gasteiger partial charge is 0.204 e. The van der Waals surface area contributed by atoms with Crippen LogP contribution in [0.2, 0.25) is 0 Å². The normalized spacial score (nSPS) is 16.9. The molecule has 1 N–H and O–H groups in total. The number of anilines is 1. The highest BCUT2D eigenvalue weighted by molar-refractivity contribution is 5.78. The Balaban J connectivity index is 2.01. The fourth-order valence-electron chi connectivity index (χ4n) is 2.77. The van der Waals surface area contributed by atoms with E-state index in [9.17, 15) is 0 Å². The Morgan fingerprint density at radius 2 is 2.05 bits per heavy atom. The molecule has 0 bridgehead atoms. The van der Waals surface area contributed by atoms with Gasteiger partial charge in [0.05, 0.1) is 11.0 Å². The Kier molecular flexibility index (Phi) is 3.69. The van der Waals surface area contributed by atoms with Crippen molar-refractivity contribution in [2.75, 3.05) is 25.0 Å². The summed E-state index contributed by atoms with van der Waals surface area (Å²) in [6.07, 6.45) is 3.37. The molecule has 1 aromatic heterocycles. The summed E-state index contributed by atoms with van der Waals surface area (Å²) in [7, 11) is 0. The van der Waals surface area contributed by atoms with Crippen LogP contribution >= 0.6 is 0 Å². The summed E-state index contributed by atoms with van der Waals surface area (Å²) in [5, 5.41) is 7.93. The zero-order valence-corrected chi connectivity index (χ0v) is 11.5. The van der Waals surface area contributed by atoms with Gasteiger partial charge >= 0.3 is 0 Å². The molecule has 4 heteroatoms. The molecule has 1 aliphatic rings. The van der Waals surface area contributed by atoms with E-state index in [2.05, 4.69) is 46.4 Å². The number of hydrogen-bond donors (Lipinski definition) is 1. The van der Waals surface area contributed by atoms with Crippen molar-refractivity contribution in [1.29, 1.82) is 0 Å². The largest absolute Gasteiger partial charge is 0.356 e. The van der Waals surface area contributed by atoms with Crippen molar-refractivity contribution in [3.05, 3.63) is 24.3 Å². The van der Waals surface area contributed by atoms with E-state index in [1.54, 1.807) is 0 Å². The summed E-state index contributed by atoms with van der Waals surface area (Å²) in [5.41, 5.74) is 2.33. The fourth-order valence-corrected chi connectivity index (χ4v) is 2.77. The molecule has 19 heavy (non-hydrogen) atoms. The number of imidazole rings is 1. The molecule has 2 aromatic rings. The first-order chi connectivity index (χ1) is 9.40. The molecule has 1 radical (unpaired) electrons. The lowest BCUT2D eigenvalue weighted by atomic mass is 10.1. The molecule has 3 rings (SSSR count). The maximum atomic E-state index is 4.75. The van der Waals surface area contributed by atoms with Crippen LogP contribution in [0.1, 0.15) is 32.2 Å². The molecule has 0 atom stereocenters. The second kappa shape index (κ2) is 5.61. The Morgan fingerprint density at radius 3 is 2.84 bits per heavy atom. The fraction of sp³-hybridized carbons (Fsp3) is 0.533. The van der Waals surface area contributed by atoms with Crippen LogP contribution in [-0.4, -0.2) is 29.2 Å². The number of nitrogens with one attached hydrogen (secondary N) is 1. The lowest BCUT2D eigenvalue weighted by molar-refractivity contribution is 0.373. The maximum absolute atomic E-state index is 4.75. The molecule has 1 aliphatic heterocycles. The predicted octanol–water partition coefficient (Wildman–Crippen LogP) is 2.80. The van der Waals surface area contributed by atoms with Gasteiger partial charge in [0.15, 0.2) is 0 Å². The minimum atomic E-state index is 0.532. The number of para-hydroxylation sites is 2. The second-order valence-corrected chi connectivity index (χ2v) is 5.12. The van der Waals surface area contributed by atoms with E-state index >= 15 is 0 Å². The van der Waals surface area contributed by atoms with Gasteiger partial charge in [0.2, 0.25) is 5.95 Å². The molecule has 0 aliphatic carbocycles. The third-order valence-electron chi connectivity index (χ3n) is 3.73. The summed E-state index contributed by atoms with van der Waals surface area (Å²) < 4.78 is 2.39. The third kappa shape index (κ3) is 2.45. The lowest BCUT2D eigenvalue weighted by Crippen LogP contribution is -2.25. The van der Waals surface area contributed by atoms with Gasteiger partial charge in [-0.15, -0.1) is 0 Å². The quantitative estimate of drug-likeness (QED) is 0.915. The highest BCUT2D eigenvalue weighted by atomic mass is 15.2. The van der Waals surface area contributed by atoms with Crippen LogP contribution in [0.15, 0.2) is 24.3 Å². The average molecular weight is 257 g/mol. The van der Waals surface area contributed by atoms with Gasteiger partial charge in [0.25, 0.3) is 0 Å². The van der Waals surface area contributed by atoms with Crippen molar-refractivity contribution in [2.45, 2.75) is 32.2 Å². The molecule has 0 amide bonds. The van der Waals surface area contributed by atoms with Gasteiger partial charge in [-0.05, 0) is 31.4 Å². The van der Waals surface area contributed by atoms with Gasteiger partial charge in [0, 0.05) is 25.7 Å². The zero-order valence-electron chi connectivity index (χ0n) is 11.5. The molecular formula is C15H21N4. The summed E-state index contributed by atoms with van der Waals surface area (Å²) in [5.74, 6) is 1.02. The Morgan fingerprint density at radius 1 is 1.26 bits per heavy atom. The van der Waals surface area contributed by atoms with Crippen LogP contribution in [0.4, 0.5) is 5.95 Å². The van der Waals surface area contributed by atoms with E-state index in [1.165, 1.54) is 5.52 Å². The van der Waals surface area contributed by atoms with Crippen LogP contribution in [0.5, 0.6) is 0 Å². The van der Waals surface area contributed by atoms with E-state index in [0.717, 1.165) is 50.4 Å². The first kappa shape index (κ1) is 12.5. The van der Waals surface area contributed by atoms with E-state index in [0.29, 0.717) is 6.04 Å². The molecule has 0 saturated carbocycles. The van der Waals surface area contributed by atoms with Crippen LogP contribution in [0, 0.1) is 0 Å². The maximum Gasteiger partial charge on any atom is 0.204 e. The SMILES string of the molecule is CCCNc1nc2ccccc2n1C1CC[N]CC1. The molecular weight excluding hydrogens is 236 g/mol. The highest BCUT2D eigenvalue weighted by Gasteiger charge is 2.21. The van der Waals surface area contributed by atoms with Crippen molar-refractivity contribution in [3.63, 3.8) is 0 Å². The van der Waals surface area contributed by atoms with E-state index in [4.69, 9.17) is 4.98 Å². The molecule has 0 unspecified atom stereocenters. The number of benzene rings is 1. The van der Waals surface area contributed by atoms with Crippen molar-refractivity contribution in [3.8, 4) is 0 Å². The summed E-state index contributed by atoms with van der Waals surface area (Å²) in [6.45, 7) is 5.11. The predicted molar refractivity (Wildman–Crippen MR) is 78.7 cm³/mol. The number of piperidine rings is 1. The monoisotopic (exact) mass is 257 g/mol. The molecule has 4 nitrogen and oxygen atoms in total. The minimum Gasteiger partial charge on any atom is -0.356 e. The van der Waals surface area contributed by atoms with E-state index < -0.39 is 0 Å². The van der Waals surface area contributed by atoms with Crippen molar-refractivity contribution < 1.29 is 0 Å². The lowest BCUT2D eigenvalue weighted by Gasteiger charge is -2.25. The molecule has 1 saturated heterocycles. The van der Waals surface area contributed by atoms with Gasteiger partial charge < -0.3 is 9.88 Å². The Hall–Kier alpha value is -1.55. The first-order valence-electron chi connectivity index (χ1n) is 7.24. The summed E-state index contributed by atoms with van der Waals surface area (Å²) in [4.78, 5) is 4.75. The number of aromatic nitrogens is 2. The number of fused-ring (bicyclic) bond motifs is 1. The van der Waals surface area contributed by atoms with Crippen LogP contribution in [-0.2, 0) is 0 Å². The summed E-state index contributed by atoms with van der Waals surface area (Å²) >= 11 is 0. The Bertz CT molecular complexity index is 540. The van der Waals surface area contributed by atoms with Crippen molar-refractivity contribution in [2.24, 2.45) is 0 Å². The molecule has 101 valence electrons. The van der Waals surface area contributed by atoms with E-state index in [-0.39, 0.29) is 0 Å². The van der Waals surface area contributed by atoms with Gasteiger partial charge in [0.1, 0.15) is 0 Å². The number of hydrogen-bond acceptors (Lipinski definition) is 2. The first-order valence-corrected chi connectivity index (χ1v) is 7.24. The standard InChI is InChI=1S/C15H21N4/c1-2-9-17-15-18-13-5-3-4-6-14(13)19(15)12-7-10-16-11-8-12/h3-6,12H,2,7-11H2,1H3,(H,17,18). The number of rotatable bonds is 4. The minimum absolute atomic E-state index is 0.532. The number of nitrogens with zero attached hydrogens (tertiary/aromatic N) is 3. The van der Waals surface area contributed by atoms with Crippen molar-refractivity contribution in [1.82, 2.24) is 14.9 Å². The Labute approximate surface area is 114 Å². The van der Waals surface area contributed by atoms with Crippen LogP contribution in [0.3, 0.4) is 0 Å². The summed E-state index contributed by atoms with van der Waals surface area (Å²) in [6, 6.07) is 8.95. The van der Waals surface area contributed by atoms with Gasteiger partial charge in [-0.1, -0.05) is 19.1 Å². The molecule has 0 spiro atoms. The van der Waals surface area contributed by atoms with E-state index in [1.807, 2.05) is 0 Å². The third-order valence-corrected chi connectivity index (χ3v) is 3.73. The zero-order chi connectivity index (χ0) is 13.1. The molecule has 1 aromatic carbocycles. The van der Waals surface area contributed by atoms with Crippen molar-refractivity contribution >= 4 is 17.0 Å². The van der Waals surface area contributed by atoms with Gasteiger partial charge in [-0.3, -0.25) is 0 Å². The van der Waals surface area contributed by atoms with Gasteiger partial charge in [-0.2, -0.15) is 0 Å². The second-order valence-electron chi connectivity index (χ2n) is 5.12. The van der Waals surface area contributed by atoms with Crippen LogP contribution in [0.25, 0.3) is 11.0 Å².